The topological polar surface area (TPSA) is 29.1 Å². The third-order valence-electron chi connectivity index (χ3n) is 2.66. The van der Waals surface area contributed by atoms with Crippen LogP contribution in [0.25, 0.3) is 0 Å². The van der Waals surface area contributed by atoms with Crippen molar-refractivity contribution in [2.45, 2.75) is 6.18 Å². The number of rotatable bonds is 2. The summed E-state index contributed by atoms with van der Waals surface area (Å²) < 4.78 is 51.9. The van der Waals surface area contributed by atoms with Gasteiger partial charge in [-0.3, -0.25) is 4.79 Å². The Hall–Kier alpha value is -1.64. The van der Waals surface area contributed by atoms with Crippen LogP contribution in [0.5, 0.6) is 0 Å². The van der Waals surface area contributed by atoms with Crippen LogP contribution in [0.15, 0.2) is 42.5 Å². The van der Waals surface area contributed by atoms with E-state index in [-0.39, 0.29) is 5.69 Å². The fraction of sp³-hybridized carbons (Fsp3) is 0.0714. The molecule has 2 nitrogen and oxygen atoms in total. The Kier molecular flexibility index (Phi) is 4.50. The molecule has 21 heavy (non-hydrogen) atoms. The number of amides is 1. The molecule has 110 valence electrons. The van der Waals surface area contributed by atoms with Crippen molar-refractivity contribution in [3.05, 3.63) is 63.0 Å². The Balaban J connectivity index is 2.33. The lowest BCUT2D eigenvalue weighted by atomic mass is 10.1. The molecule has 0 aromatic heterocycles. The van der Waals surface area contributed by atoms with Gasteiger partial charge in [-0.15, -0.1) is 0 Å². The minimum atomic E-state index is -4.62. The predicted molar refractivity (Wildman–Crippen MR) is 78.5 cm³/mol. The highest BCUT2D eigenvalue weighted by Crippen LogP contribution is 2.32. The number of benzene rings is 2. The van der Waals surface area contributed by atoms with Crippen molar-refractivity contribution in [2.75, 3.05) is 5.32 Å². The van der Waals surface area contributed by atoms with Gasteiger partial charge < -0.3 is 5.32 Å². The first-order valence-corrected chi connectivity index (χ1v) is 6.79. The molecule has 7 heteroatoms. The fourth-order valence-electron chi connectivity index (χ4n) is 1.71. The van der Waals surface area contributed by atoms with Gasteiger partial charge in [-0.25, -0.2) is 4.39 Å². The Morgan fingerprint density at radius 2 is 1.76 bits per heavy atom. The number of hydrogen-bond donors (Lipinski definition) is 1. The highest BCUT2D eigenvalue weighted by Gasteiger charge is 2.34. The Labute approximate surface area is 131 Å². The van der Waals surface area contributed by atoms with E-state index >= 15 is 0 Å². The molecule has 0 fully saturated rings. The molecular weight excluding hydrogens is 401 g/mol. The van der Waals surface area contributed by atoms with Crippen LogP contribution in [0.3, 0.4) is 0 Å². The molecule has 0 aliphatic carbocycles. The minimum Gasteiger partial charge on any atom is -0.321 e. The maximum Gasteiger partial charge on any atom is 0.417 e. The molecule has 2 aromatic carbocycles. The number of carbonyl (C=O) groups excluding carboxylic acids is 1. The Bertz CT molecular complexity index is 685. The molecule has 0 heterocycles. The number of nitrogens with one attached hydrogen (secondary N) is 1. The zero-order chi connectivity index (χ0) is 15.6. The van der Waals surface area contributed by atoms with E-state index in [0.717, 1.165) is 18.2 Å². The maximum absolute atomic E-state index is 13.0. The van der Waals surface area contributed by atoms with E-state index in [1.807, 2.05) is 0 Å². The summed E-state index contributed by atoms with van der Waals surface area (Å²) in [7, 11) is 0. The number of carbonyl (C=O) groups is 1. The van der Waals surface area contributed by atoms with E-state index in [2.05, 4.69) is 5.32 Å². The van der Waals surface area contributed by atoms with Crippen LogP contribution in [0, 0.1) is 9.39 Å². The molecule has 1 N–H and O–H groups in total. The third kappa shape index (κ3) is 3.72. The molecule has 0 unspecified atom stereocenters. The van der Waals surface area contributed by atoms with E-state index in [4.69, 9.17) is 0 Å². The van der Waals surface area contributed by atoms with Gasteiger partial charge in [0.05, 0.1) is 16.8 Å². The van der Waals surface area contributed by atoms with Gasteiger partial charge in [0, 0.05) is 3.57 Å². The quantitative estimate of drug-likeness (QED) is 0.566. The van der Waals surface area contributed by atoms with Crippen molar-refractivity contribution < 1.29 is 22.4 Å². The molecule has 0 atom stereocenters. The highest BCUT2D eigenvalue weighted by molar-refractivity contribution is 14.1. The van der Waals surface area contributed by atoms with E-state index in [1.165, 1.54) is 24.3 Å². The summed E-state index contributed by atoms with van der Waals surface area (Å²) in [6.45, 7) is 0. The molecule has 1 amide bonds. The van der Waals surface area contributed by atoms with Crippen LogP contribution in [-0.4, -0.2) is 5.91 Å². The number of hydrogen-bond acceptors (Lipinski definition) is 1. The third-order valence-corrected chi connectivity index (χ3v) is 3.55. The van der Waals surface area contributed by atoms with Crippen molar-refractivity contribution >= 4 is 34.2 Å². The summed E-state index contributed by atoms with van der Waals surface area (Å²) in [6.07, 6.45) is -4.62. The first-order valence-electron chi connectivity index (χ1n) is 5.71. The largest absolute Gasteiger partial charge is 0.417 e. The van der Waals surface area contributed by atoms with E-state index in [1.54, 1.807) is 22.6 Å². The molecule has 2 aromatic rings. The van der Waals surface area contributed by atoms with Crippen LogP contribution in [-0.2, 0) is 6.18 Å². The molecule has 0 aliphatic rings. The summed E-state index contributed by atoms with van der Waals surface area (Å²) in [5.41, 5.74) is -1.25. The lowest BCUT2D eigenvalue weighted by molar-refractivity contribution is -0.137. The summed E-state index contributed by atoms with van der Waals surface area (Å²) >= 11 is 1.79. The molecular formula is C14H8F4INO. The summed E-state index contributed by atoms with van der Waals surface area (Å²) in [5, 5.41) is 2.35. The normalized spacial score (nSPS) is 11.3. The highest BCUT2D eigenvalue weighted by atomic mass is 127. The summed E-state index contributed by atoms with van der Waals surface area (Å²) in [4.78, 5) is 12.0. The van der Waals surface area contributed by atoms with Crippen LogP contribution in [0.2, 0.25) is 0 Å². The second-order valence-corrected chi connectivity index (χ2v) is 5.28. The predicted octanol–water partition coefficient (Wildman–Crippen LogP) is 4.70. The molecule has 2 rings (SSSR count). The van der Waals surface area contributed by atoms with Crippen molar-refractivity contribution in [1.29, 1.82) is 0 Å². The SMILES string of the molecule is O=C(Nc1ccc(F)cc1I)c1ccccc1C(F)(F)F. The van der Waals surface area contributed by atoms with Crippen LogP contribution >= 0.6 is 22.6 Å². The van der Waals surface area contributed by atoms with Gasteiger partial charge in [-0.2, -0.15) is 13.2 Å². The summed E-state index contributed by atoms with van der Waals surface area (Å²) in [5.74, 6) is -1.39. The average molecular weight is 409 g/mol. The monoisotopic (exact) mass is 409 g/mol. The van der Waals surface area contributed by atoms with Gasteiger partial charge in [-0.1, -0.05) is 12.1 Å². The van der Waals surface area contributed by atoms with E-state index in [0.29, 0.717) is 3.57 Å². The van der Waals surface area contributed by atoms with E-state index < -0.39 is 29.0 Å². The second-order valence-electron chi connectivity index (χ2n) is 4.12. The number of anilines is 1. The number of halogens is 5. The first kappa shape index (κ1) is 15.7. The van der Waals surface area contributed by atoms with Crippen molar-refractivity contribution in [3.63, 3.8) is 0 Å². The minimum absolute atomic E-state index is 0.249. The van der Waals surface area contributed by atoms with Gasteiger partial charge >= 0.3 is 6.18 Å². The molecule has 0 bridgehead atoms. The molecule has 0 saturated heterocycles. The standard InChI is InChI=1S/C14H8F4INO/c15-8-5-6-12(11(19)7-8)20-13(21)9-3-1-2-4-10(9)14(16,17)18/h1-7H,(H,20,21). The smallest absolute Gasteiger partial charge is 0.321 e. The first-order chi connectivity index (χ1) is 9.79. The molecule has 0 spiro atoms. The number of alkyl halides is 3. The van der Waals surface area contributed by atoms with E-state index in [9.17, 15) is 22.4 Å². The lowest BCUT2D eigenvalue weighted by Crippen LogP contribution is -2.19. The van der Waals surface area contributed by atoms with Gasteiger partial charge in [0.1, 0.15) is 5.82 Å². The fourth-order valence-corrected chi connectivity index (χ4v) is 2.32. The zero-order valence-electron chi connectivity index (χ0n) is 10.3. The maximum atomic E-state index is 13.0. The van der Waals surface area contributed by atoms with Gasteiger partial charge in [0.25, 0.3) is 5.91 Å². The van der Waals surface area contributed by atoms with Crippen molar-refractivity contribution in [1.82, 2.24) is 0 Å². The van der Waals surface area contributed by atoms with Gasteiger partial charge in [-0.05, 0) is 52.9 Å². The van der Waals surface area contributed by atoms with Crippen LogP contribution in [0.1, 0.15) is 15.9 Å². The molecule has 0 radical (unpaired) electrons. The molecule has 0 saturated carbocycles. The van der Waals surface area contributed by atoms with Crippen LogP contribution < -0.4 is 5.32 Å². The average Bonchev–Trinajstić information content (AvgIpc) is 2.41. The second kappa shape index (κ2) is 6.00. The van der Waals surface area contributed by atoms with Gasteiger partial charge in [0.2, 0.25) is 0 Å². The van der Waals surface area contributed by atoms with Crippen molar-refractivity contribution in [2.24, 2.45) is 0 Å². The molecule has 0 aliphatic heterocycles. The summed E-state index contributed by atoms with van der Waals surface area (Å²) in [6, 6.07) is 8.07. The Morgan fingerprint density at radius 1 is 1.10 bits per heavy atom. The Morgan fingerprint density at radius 3 is 2.38 bits per heavy atom. The van der Waals surface area contributed by atoms with Crippen molar-refractivity contribution in [3.8, 4) is 0 Å². The zero-order valence-corrected chi connectivity index (χ0v) is 12.5. The lowest BCUT2D eigenvalue weighted by Gasteiger charge is -2.13. The van der Waals surface area contributed by atoms with Gasteiger partial charge in [0.15, 0.2) is 0 Å². The van der Waals surface area contributed by atoms with Crippen LogP contribution in [0.4, 0.5) is 23.2 Å².